The van der Waals surface area contributed by atoms with Gasteiger partial charge in [0.1, 0.15) is 5.75 Å². The predicted octanol–water partition coefficient (Wildman–Crippen LogP) is 3.63. The molecule has 0 N–H and O–H groups in total. The fourth-order valence-electron chi connectivity index (χ4n) is 5.95. The molecule has 2 aromatic rings. The molecule has 4 nitrogen and oxygen atoms in total. The first-order valence-electron chi connectivity index (χ1n) is 10.4. The van der Waals surface area contributed by atoms with E-state index in [2.05, 4.69) is 52.3 Å². The van der Waals surface area contributed by atoms with E-state index in [0.29, 0.717) is 18.0 Å². The van der Waals surface area contributed by atoms with Gasteiger partial charge in [-0.2, -0.15) is 5.26 Å². The van der Waals surface area contributed by atoms with Gasteiger partial charge in [0.05, 0.1) is 18.7 Å². The maximum atomic E-state index is 9.54. The highest BCUT2D eigenvalue weighted by molar-refractivity contribution is 5.41. The molecule has 4 aliphatic rings. The van der Waals surface area contributed by atoms with Gasteiger partial charge in [0, 0.05) is 36.7 Å². The van der Waals surface area contributed by atoms with Gasteiger partial charge in [0.25, 0.3) is 0 Å². The molecule has 0 aromatic heterocycles. The summed E-state index contributed by atoms with van der Waals surface area (Å²) in [5.41, 5.74) is 3.30. The van der Waals surface area contributed by atoms with Crippen molar-refractivity contribution < 1.29 is 4.74 Å². The summed E-state index contributed by atoms with van der Waals surface area (Å²) in [4.78, 5) is 5.38. The second-order valence-electron chi connectivity index (χ2n) is 8.40. The van der Waals surface area contributed by atoms with Gasteiger partial charge in [0.15, 0.2) is 0 Å². The number of nitriles is 1. The first-order valence-corrected chi connectivity index (χ1v) is 10.4. The van der Waals surface area contributed by atoms with E-state index in [1.165, 1.54) is 31.5 Å². The van der Waals surface area contributed by atoms with Crippen molar-refractivity contribution in [1.82, 2.24) is 9.80 Å². The van der Waals surface area contributed by atoms with Crippen LogP contribution in [0.3, 0.4) is 0 Å². The van der Waals surface area contributed by atoms with Crippen molar-refractivity contribution in [2.45, 2.75) is 37.4 Å². The number of benzene rings is 2. The second kappa shape index (κ2) is 7.24. The molecule has 4 heteroatoms. The minimum absolute atomic E-state index is 0.457. The number of nitrogens with zero attached hydrogens (tertiary/aromatic N) is 3. The average Bonchev–Trinajstić information content (AvgIpc) is 3.16. The van der Waals surface area contributed by atoms with E-state index >= 15 is 0 Å². The van der Waals surface area contributed by atoms with Crippen molar-refractivity contribution in [2.75, 3.05) is 26.7 Å². The van der Waals surface area contributed by atoms with Crippen LogP contribution in [0.5, 0.6) is 5.75 Å². The van der Waals surface area contributed by atoms with Gasteiger partial charge < -0.3 is 4.74 Å². The maximum absolute atomic E-state index is 9.54. The van der Waals surface area contributed by atoms with E-state index in [9.17, 15) is 5.26 Å². The van der Waals surface area contributed by atoms with E-state index in [0.717, 1.165) is 35.9 Å². The van der Waals surface area contributed by atoms with Gasteiger partial charge in [-0.15, -0.1) is 0 Å². The normalized spacial score (nSPS) is 31.4. The molecule has 0 spiro atoms. The molecule has 0 aliphatic carbocycles. The molecule has 0 unspecified atom stereocenters. The number of likely N-dealkylation sites (tertiary alicyclic amines) is 1. The Morgan fingerprint density at radius 2 is 1.79 bits per heavy atom. The largest absolute Gasteiger partial charge is 0.496 e. The van der Waals surface area contributed by atoms with Crippen molar-refractivity contribution in [3.05, 3.63) is 65.2 Å². The molecule has 0 saturated carbocycles. The molecule has 2 bridgehead atoms. The van der Waals surface area contributed by atoms with Crippen LogP contribution in [0.15, 0.2) is 48.5 Å². The third-order valence-corrected chi connectivity index (χ3v) is 7.14. The van der Waals surface area contributed by atoms with Crippen LogP contribution in [-0.4, -0.2) is 48.6 Å². The Kier molecular flexibility index (Phi) is 4.58. The number of piperidine rings is 3. The van der Waals surface area contributed by atoms with E-state index < -0.39 is 0 Å². The SMILES string of the molecule is COc1ccccc1[C@@H]1CN(Cc2ccccc2C#N)[C@H]2C3CCN(CC3)[C@@H]12. The molecule has 28 heavy (non-hydrogen) atoms. The van der Waals surface area contributed by atoms with E-state index in [1.54, 1.807) is 7.11 Å². The van der Waals surface area contributed by atoms with Crippen molar-refractivity contribution >= 4 is 0 Å². The zero-order chi connectivity index (χ0) is 19.1. The number of fused-ring (bicyclic) bond motifs is 2. The molecule has 4 saturated heterocycles. The number of para-hydroxylation sites is 1. The topological polar surface area (TPSA) is 39.5 Å². The lowest BCUT2D eigenvalue weighted by atomic mass is 9.75. The molecular weight excluding hydrogens is 346 g/mol. The molecule has 4 fully saturated rings. The third kappa shape index (κ3) is 2.82. The van der Waals surface area contributed by atoms with Gasteiger partial charge in [-0.3, -0.25) is 9.80 Å². The zero-order valence-electron chi connectivity index (χ0n) is 16.4. The Balaban J connectivity index is 1.52. The summed E-state index contributed by atoms with van der Waals surface area (Å²) >= 11 is 0. The number of hydrogen-bond donors (Lipinski definition) is 0. The minimum atomic E-state index is 0.457. The second-order valence-corrected chi connectivity index (χ2v) is 8.40. The van der Waals surface area contributed by atoms with Crippen molar-refractivity contribution in [2.24, 2.45) is 5.92 Å². The van der Waals surface area contributed by atoms with Gasteiger partial charge in [0.2, 0.25) is 0 Å². The van der Waals surface area contributed by atoms with Gasteiger partial charge in [-0.05, 0) is 49.5 Å². The summed E-state index contributed by atoms with van der Waals surface area (Å²) in [6.07, 6.45) is 2.60. The van der Waals surface area contributed by atoms with Crippen LogP contribution in [0, 0.1) is 17.2 Å². The Morgan fingerprint density at radius 1 is 1.04 bits per heavy atom. The highest BCUT2D eigenvalue weighted by Crippen LogP contribution is 2.48. The first-order chi connectivity index (χ1) is 13.8. The molecule has 0 amide bonds. The van der Waals surface area contributed by atoms with Crippen LogP contribution in [0.2, 0.25) is 0 Å². The summed E-state index contributed by atoms with van der Waals surface area (Å²) in [5, 5.41) is 9.54. The smallest absolute Gasteiger partial charge is 0.122 e. The van der Waals surface area contributed by atoms with Gasteiger partial charge in [-0.25, -0.2) is 0 Å². The number of hydrogen-bond acceptors (Lipinski definition) is 4. The van der Waals surface area contributed by atoms with Crippen molar-refractivity contribution in [3.63, 3.8) is 0 Å². The molecule has 3 atom stereocenters. The third-order valence-electron chi connectivity index (χ3n) is 7.14. The van der Waals surface area contributed by atoms with Crippen molar-refractivity contribution in [1.29, 1.82) is 5.26 Å². The van der Waals surface area contributed by atoms with Crippen LogP contribution in [0.1, 0.15) is 35.4 Å². The fourth-order valence-corrected chi connectivity index (χ4v) is 5.95. The lowest BCUT2D eigenvalue weighted by Gasteiger charge is -2.51. The summed E-state index contributed by atoms with van der Waals surface area (Å²) < 4.78 is 5.73. The molecule has 144 valence electrons. The number of rotatable bonds is 4. The Labute approximate surface area is 167 Å². The van der Waals surface area contributed by atoms with Crippen LogP contribution >= 0.6 is 0 Å². The fraction of sp³-hybridized carbons (Fsp3) is 0.458. The van der Waals surface area contributed by atoms with E-state index in [4.69, 9.17) is 4.74 Å². The van der Waals surface area contributed by atoms with Crippen LogP contribution in [-0.2, 0) is 6.54 Å². The standard InChI is InChI=1S/C24H27N3O/c1-28-22-9-5-4-8-20(22)21-16-27(15-19-7-3-2-6-18(19)14-25)23-17-10-12-26(13-11-17)24(21)23/h2-9,17,21,23-24H,10-13,15-16H2,1H3/t21-,23-,24-/m0/s1. The molecule has 4 heterocycles. The highest BCUT2D eigenvalue weighted by Gasteiger charge is 2.53. The summed E-state index contributed by atoms with van der Waals surface area (Å²) in [7, 11) is 1.78. The maximum Gasteiger partial charge on any atom is 0.122 e. The quantitative estimate of drug-likeness (QED) is 0.820. The van der Waals surface area contributed by atoms with E-state index in [1.807, 2.05) is 12.1 Å². The Morgan fingerprint density at radius 3 is 2.57 bits per heavy atom. The molecular formula is C24H27N3O. The van der Waals surface area contributed by atoms with Crippen LogP contribution in [0.25, 0.3) is 0 Å². The zero-order valence-corrected chi connectivity index (χ0v) is 16.4. The molecule has 0 radical (unpaired) electrons. The van der Waals surface area contributed by atoms with Crippen LogP contribution in [0.4, 0.5) is 0 Å². The molecule has 4 aliphatic heterocycles. The highest BCUT2D eigenvalue weighted by atomic mass is 16.5. The lowest BCUT2D eigenvalue weighted by Crippen LogP contribution is -2.60. The van der Waals surface area contributed by atoms with Gasteiger partial charge >= 0.3 is 0 Å². The monoisotopic (exact) mass is 373 g/mol. The number of ether oxygens (including phenoxy) is 1. The Bertz CT molecular complexity index is 897. The summed E-state index contributed by atoms with van der Waals surface area (Å²) in [6, 6.07) is 20.1. The minimum Gasteiger partial charge on any atom is -0.496 e. The average molecular weight is 374 g/mol. The summed E-state index contributed by atoms with van der Waals surface area (Å²) in [5.74, 6) is 2.23. The van der Waals surface area contributed by atoms with Crippen LogP contribution < -0.4 is 4.74 Å². The Hall–Kier alpha value is -2.35. The first kappa shape index (κ1) is 17.7. The lowest BCUT2D eigenvalue weighted by molar-refractivity contribution is -0.00881. The number of methoxy groups -OCH3 is 1. The van der Waals surface area contributed by atoms with Crippen molar-refractivity contribution in [3.8, 4) is 11.8 Å². The molecule has 6 rings (SSSR count). The van der Waals surface area contributed by atoms with Gasteiger partial charge in [-0.1, -0.05) is 36.4 Å². The predicted molar refractivity (Wildman–Crippen MR) is 109 cm³/mol. The summed E-state index contributed by atoms with van der Waals surface area (Å²) in [6.45, 7) is 4.34. The molecule has 2 aromatic carbocycles. The van der Waals surface area contributed by atoms with E-state index in [-0.39, 0.29) is 0 Å².